The molecule has 5 heteroatoms. The molecule has 1 amide bonds. The Morgan fingerprint density at radius 1 is 1.13 bits per heavy atom. The Morgan fingerprint density at radius 2 is 1.87 bits per heavy atom. The van der Waals surface area contributed by atoms with E-state index in [-0.39, 0.29) is 5.91 Å². The number of rotatable bonds is 3. The number of hydrogen-bond acceptors (Lipinski definition) is 4. The summed E-state index contributed by atoms with van der Waals surface area (Å²) >= 11 is 1.42. The number of carbonyl (C=O) groups is 1. The molecule has 3 aromatic rings. The van der Waals surface area contributed by atoms with Gasteiger partial charge in [0.15, 0.2) is 5.13 Å². The van der Waals surface area contributed by atoms with E-state index >= 15 is 0 Å². The number of nitrogens with zero attached hydrogens (tertiary/aromatic N) is 1. The van der Waals surface area contributed by atoms with E-state index in [2.05, 4.69) is 10.3 Å². The van der Waals surface area contributed by atoms with Crippen molar-refractivity contribution in [2.24, 2.45) is 5.41 Å². The molecule has 4 nitrogen and oxygen atoms in total. The summed E-state index contributed by atoms with van der Waals surface area (Å²) in [4.78, 5) is 17.7. The van der Waals surface area contributed by atoms with Crippen LogP contribution in [0.25, 0.3) is 21.9 Å². The summed E-state index contributed by atoms with van der Waals surface area (Å²) < 4.78 is 5.52. The van der Waals surface area contributed by atoms with Gasteiger partial charge in [0.2, 0.25) is 5.91 Å². The highest BCUT2D eigenvalue weighted by molar-refractivity contribution is 7.19. The fourth-order valence-electron chi connectivity index (χ4n) is 2.02. The average molecular weight is 326 g/mol. The second kappa shape index (κ2) is 6.01. The summed E-state index contributed by atoms with van der Waals surface area (Å²) in [6.45, 7) is 5.63. The van der Waals surface area contributed by atoms with E-state index in [4.69, 9.17) is 4.42 Å². The van der Waals surface area contributed by atoms with Crippen LogP contribution < -0.4 is 5.32 Å². The maximum Gasteiger partial charge on any atom is 0.231 e. The van der Waals surface area contributed by atoms with Gasteiger partial charge in [-0.1, -0.05) is 62.4 Å². The molecular weight excluding hydrogens is 308 g/mol. The molecule has 2 aromatic heterocycles. The summed E-state index contributed by atoms with van der Waals surface area (Å²) in [5, 5.41) is 3.48. The van der Waals surface area contributed by atoms with E-state index in [1.807, 2.05) is 63.2 Å². The molecule has 0 bridgehead atoms. The molecular formula is C18H18N2O2S. The fraction of sp³-hybridized carbons (Fsp3) is 0.222. The quantitative estimate of drug-likeness (QED) is 0.732. The van der Waals surface area contributed by atoms with Crippen molar-refractivity contribution in [1.29, 1.82) is 0 Å². The Kier molecular flexibility index (Phi) is 4.05. The van der Waals surface area contributed by atoms with Crippen molar-refractivity contribution in [3.05, 3.63) is 48.7 Å². The number of thiazole rings is 1. The molecule has 0 saturated heterocycles. The minimum Gasteiger partial charge on any atom is -0.463 e. The largest absolute Gasteiger partial charge is 0.463 e. The van der Waals surface area contributed by atoms with Gasteiger partial charge < -0.3 is 9.73 Å². The zero-order valence-electron chi connectivity index (χ0n) is 13.3. The minimum absolute atomic E-state index is 0.0585. The van der Waals surface area contributed by atoms with E-state index in [0.29, 0.717) is 5.13 Å². The van der Waals surface area contributed by atoms with Crippen LogP contribution in [0.4, 0.5) is 5.13 Å². The van der Waals surface area contributed by atoms with Crippen molar-refractivity contribution in [2.75, 3.05) is 5.32 Å². The van der Waals surface area contributed by atoms with Crippen LogP contribution in [-0.4, -0.2) is 10.9 Å². The van der Waals surface area contributed by atoms with Gasteiger partial charge in [0, 0.05) is 11.0 Å². The molecule has 23 heavy (non-hydrogen) atoms. The Labute approximate surface area is 139 Å². The van der Waals surface area contributed by atoms with E-state index < -0.39 is 5.41 Å². The first-order valence-corrected chi connectivity index (χ1v) is 8.18. The van der Waals surface area contributed by atoms with Crippen LogP contribution >= 0.6 is 11.3 Å². The third kappa shape index (κ3) is 3.35. The smallest absolute Gasteiger partial charge is 0.231 e. The van der Waals surface area contributed by atoms with Crippen molar-refractivity contribution >= 4 is 22.4 Å². The third-order valence-electron chi connectivity index (χ3n) is 3.32. The maximum absolute atomic E-state index is 12.2. The molecule has 1 N–H and O–H groups in total. The van der Waals surface area contributed by atoms with E-state index in [1.54, 1.807) is 6.26 Å². The predicted octanol–water partition coefficient (Wildman–Crippen LogP) is 5.05. The van der Waals surface area contributed by atoms with Crippen LogP contribution in [0.2, 0.25) is 0 Å². The third-order valence-corrected chi connectivity index (χ3v) is 4.31. The molecule has 3 rings (SSSR count). The average Bonchev–Trinajstić information content (AvgIpc) is 3.16. The number of aromatic nitrogens is 1. The normalized spacial score (nSPS) is 11.4. The lowest BCUT2D eigenvalue weighted by atomic mass is 9.96. The van der Waals surface area contributed by atoms with Crippen LogP contribution in [-0.2, 0) is 4.79 Å². The molecule has 0 saturated carbocycles. The highest BCUT2D eigenvalue weighted by atomic mass is 32.1. The number of furan rings is 1. The molecule has 0 unspecified atom stereocenters. The molecule has 0 atom stereocenters. The van der Waals surface area contributed by atoms with Crippen LogP contribution in [0.3, 0.4) is 0 Å². The zero-order chi connectivity index (χ0) is 16.4. The Balaban J connectivity index is 2.03. The monoisotopic (exact) mass is 326 g/mol. The lowest BCUT2D eigenvalue weighted by Crippen LogP contribution is -2.27. The molecule has 0 radical (unpaired) electrons. The number of hydrogen-bond donors (Lipinski definition) is 1. The molecule has 0 spiro atoms. The minimum atomic E-state index is -0.469. The summed E-state index contributed by atoms with van der Waals surface area (Å²) in [5.41, 5.74) is 1.34. The molecule has 0 aliphatic rings. The second-order valence-electron chi connectivity index (χ2n) is 6.24. The van der Waals surface area contributed by atoms with Crippen LogP contribution in [0.5, 0.6) is 0 Å². The number of nitrogens with one attached hydrogen (secondary N) is 1. The molecule has 0 aliphatic heterocycles. The van der Waals surface area contributed by atoms with Gasteiger partial charge in [-0.25, -0.2) is 4.98 Å². The standard InChI is InChI=1S/C18H18N2O2S/c1-18(2,3)16(21)20-17-19-14(12-8-5-4-6-9-12)15(23-17)13-10-7-11-22-13/h4-11H,1-3H3,(H,19,20,21). The summed E-state index contributed by atoms with van der Waals surface area (Å²) in [5.74, 6) is 0.689. The molecule has 0 aliphatic carbocycles. The van der Waals surface area contributed by atoms with E-state index in [9.17, 15) is 4.79 Å². The van der Waals surface area contributed by atoms with Crippen LogP contribution in [0, 0.1) is 5.41 Å². The van der Waals surface area contributed by atoms with E-state index in [1.165, 1.54) is 11.3 Å². The number of carbonyl (C=O) groups excluding carboxylic acids is 1. The summed E-state index contributed by atoms with van der Waals surface area (Å²) in [6.07, 6.45) is 1.64. The van der Waals surface area contributed by atoms with Crippen LogP contribution in [0.1, 0.15) is 20.8 Å². The highest BCUT2D eigenvalue weighted by Gasteiger charge is 2.24. The van der Waals surface area contributed by atoms with Gasteiger partial charge >= 0.3 is 0 Å². The first-order chi connectivity index (χ1) is 10.9. The summed E-state index contributed by atoms with van der Waals surface area (Å²) in [7, 11) is 0. The summed E-state index contributed by atoms with van der Waals surface area (Å²) in [6, 6.07) is 13.6. The van der Waals surface area contributed by atoms with Crippen molar-refractivity contribution in [3.8, 4) is 21.9 Å². The predicted molar refractivity (Wildman–Crippen MR) is 93.3 cm³/mol. The van der Waals surface area contributed by atoms with Gasteiger partial charge in [0.05, 0.1) is 16.8 Å². The number of anilines is 1. The Bertz CT molecular complexity index is 799. The van der Waals surface area contributed by atoms with Crippen molar-refractivity contribution < 1.29 is 9.21 Å². The number of amides is 1. The molecule has 118 valence electrons. The fourth-order valence-corrected chi connectivity index (χ4v) is 2.98. The molecule has 0 fully saturated rings. The van der Waals surface area contributed by atoms with Crippen molar-refractivity contribution in [3.63, 3.8) is 0 Å². The van der Waals surface area contributed by atoms with Crippen molar-refractivity contribution in [1.82, 2.24) is 4.98 Å². The number of benzene rings is 1. The lowest BCUT2D eigenvalue weighted by Gasteiger charge is -2.15. The maximum atomic E-state index is 12.2. The van der Waals surface area contributed by atoms with E-state index in [0.717, 1.165) is 21.9 Å². The molecule has 1 aromatic carbocycles. The highest BCUT2D eigenvalue weighted by Crippen LogP contribution is 2.39. The van der Waals surface area contributed by atoms with Gasteiger partial charge in [-0.05, 0) is 12.1 Å². The van der Waals surface area contributed by atoms with Crippen molar-refractivity contribution in [2.45, 2.75) is 20.8 Å². The van der Waals surface area contributed by atoms with Crippen LogP contribution in [0.15, 0.2) is 53.1 Å². The second-order valence-corrected chi connectivity index (χ2v) is 7.24. The first-order valence-electron chi connectivity index (χ1n) is 7.37. The zero-order valence-corrected chi connectivity index (χ0v) is 14.1. The SMILES string of the molecule is CC(C)(C)C(=O)Nc1nc(-c2ccccc2)c(-c2ccco2)s1. The van der Waals surface area contributed by atoms with Gasteiger partial charge in [-0.3, -0.25) is 4.79 Å². The van der Waals surface area contributed by atoms with Gasteiger partial charge in [-0.15, -0.1) is 0 Å². The topological polar surface area (TPSA) is 55.1 Å². The Morgan fingerprint density at radius 3 is 2.48 bits per heavy atom. The first kappa shape index (κ1) is 15.5. The Hall–Kier alpha value is -2.40. The molecule has 2 heterocycles. The lowest BCUT2D eigenvalue weighted by molar-refractivity contribution is -0.123. The van der Waals surface area contributed by atoms with Gasteiger partial charge in [0.25, 0.3) is 0 Å². The van der Waals surface area contributed by atoms with Gasteiger partial charge in [-0.2, -0.15) is 0 Å². The van der Waals surface area contributed by atoms with Gasteiger partial charge in [0.1, 0.15) is 5.76 Å².